The molecular formula is C27H29ClFN3O4S. The molecule has 0 radical (unpaired) electrons. The predicted molar refractivity (Wildman–Crippen MR) is 142 cm³/mol. The van der Waals surface area contributed by atoms with Gasteiger partial charge in [-0.25, -0.2) is 12.8 Å². The number of nitrogens with one attached hydrogen (secondary N) is 1. The van der Waals surface area contributed by atoms with Crippen molar-refractivity contribution in [3.63, 3.8) is 0 Å². The molecule has 0 aromatic heterocycles. The first-order valence-electron chi connectivity index (χ1n) is 11.7. The average Bonchev–Trinajstić information content (AvgIpc) is 2.88. The van der Waals surface area contributed by atoms with Crippen LogP contribution in [0.3, 0.4) is 0 Å². The second kappa shape index (κ2) is 12.2. The second-order valence-corrected chi connectivity index (χ2v) is 10.7. The highest BCUT2D eigenvalue weighted by Crippen LogP contribution is 2.29. The van der Waals surface area contributed by atoms with Crippen LogP contribution in [-0.4, -0.2) is 44.8 Å². The van der Waals surface area contributed by atoms with Crippen LogP contribution < -0.4 is 9.62 Å². The molecule has 3 aromatic rings. The van der Waals surface area contributed by atoms with E-state index in [1.807, 2.05) is 0 Å². The van der Waals surface area contributed by atoms with Crippen LogP contribution in [0.1, 0.15) is 24.5 Å². The summed E-state index contributed by atoms with van der Waals surface area (Å²) in [4.78, 5) is 27.8. The van der Waals surface area contributed by atoms with E-state index in [0.717, 1.165) is 4.31 Å². The van der Waals surface area contributed by atoms with Crippen molar-refractivity contribution in [1.29, 1.82) is 0 Å². The highest BCUT2D eigenvalue weighted by Gasteiger charge is 2.33. The summed E-state index contributed by atoms with van der Waals surface area (Å²) in [6.45, 7) is 2.89. The molecule has 3 aromatic carbocycles. The summed E-state index contributed by atoms with van der Waals surface area (Å²) >= 11 is 6.11. The minimum atomic E-state index is -4.16. The zero-order valence-corrected chi connectivity index (χ0v) is 22.4. The number of carbonyl (C=O) groups is 2. The Morgan fingerprint density at radius 2 is 1.68 bits per heavy atom. The molecule has 196 valence electrons. The normalized spacial score (nSPS) is 12.0. The molecule has 0 saturated carbocycles. The molecule has 10 heteroatoms. The summed E-state index contributed by atoms with van der Waals surface area (Å²) in [5, 5.41) is 2.99. The maximum absolute atomic E-state index is 13.8. The van der Waals surface area contributed by atoms with E-state index in [1.165, 1.54) is 48.3 Å². The summed E-state index contributed by atoms with van der Waals surface area (Å²) in [7, 11) is -2.70. The second-order valence-electron chi connectivity index (χ2n) is 8.44. The molecule has 7 nitrogen and oxygen atoms in total. The lowest BCUT2D eigenvalue weighted by atomic mass is 10.1. The molecule has 0 aliphatic heterocycles. The molecule has 0 heterocycles. The average molecular weight is 546 g/mol. The van der Waals surface area contributed by atoms with Crippen molar-refractivity contribution in [2.75, 3.05) is 17.9 Å². The van der Waals surface area contributed by atoms with E-state index in [9.17, 15) is 22.4 Å². The summed E-state index contributed by atoms with van der Waals surface area (Å²) in [5.74, 6) is -1.41. The van der Waals surface area contributed by atoms with Crippen LogP contribution in [0.4, 0.5) is 10.1 Å². The minimum Gasteiger partial charge on any atom is -0.357 e. The molecule has 1 N–H and O–H groups in total. The Balaban J connectivity index is 2.08. The van der Waals surface area contributed by atoms with Gasteiger partial charge in [-0.3, -0.25) is 13.9 Å². The van der Waals surface area contributed by atoms with Gasteiger partial charge in [0.15, 0.2) is 0 Å². The molecule has 37 heavy (non-hydrogen) atoms. The zero-order valence-electron chi connectivity index (χ0n) is 20.8. The van der Waals surface area contributed by atoms with Gasteiger partial charge >= 0.3 is 0 Å². The fourth-order valence-electron chi connectivity index (χ4n) is 4.00. The lowest BCUT2D eigenvalue weighted by Gasteiger charge is -2.33. The van der Waals surface area contributed by atoms with Crippen molar-refractivity contribution >= 4 is 39.1 Å². The van der Waals surface area contributed by atoms with Crippen molar-refractivity contribution in [2.24, 2.45) is 0 Å². The number of hydrogen-bond donors (Lipinski definition) is 1. The van der Waals surface area contributed by atoms with Gasteiger partial charge in [0.25, 0.3) is 10.0 Å². The molecule has 0 bridgehead atoms. The Morgan fingerprint density at radius 3 is 2.24 bits per heavy atom. The molecule has 0 aliphatic rings. The van der Waals surface area contributed by atoms with Crippen LogP contribution in [0.5, 0.6) is 0 Å². The van der Waals surface area contributed by atoms with E-state index >= 15 is 0 Å². The van der Waals surface area contributed by atoms with Crippen molar-refractivity contribution in [1.82, 2.24) is 10.2 Å². The Labute approximate surface area is 221 Å². The molecule has 1 atom stereocenters. The first-order valence-corrected chi connectivity index (χ1v) is 13.5. The molecule has 3 rings (SSSR count). The first-order chi connectivity index (χ1) is 17.6. The maximum Gasteiger partial charge on any atom is 0.264 e. The van der Waals surface area contributed by atoms with Gasteiger partial charge < -0.3 is 10.2 Å². The summed E-state index contributed by atoms with van der Waals surface area (Å²) in [6, 6.07) is 17.2. The molecule has 0 fully saturated rings. The predicted octanol–water partition coefficient (Wildman–Crippen LogP) is 4.54. The Hall–Kier alpha value is -3.43. The van der Waals surface area contributed by atoms with Crippen LogP contribution in [0.25, 0.3) is 0 Å². The van der Waals surface area contributed by atoms with Crippen LogP contribution in [0.2, 0.25) is 5.02 Å². The molecular weight excluding hydrogens is 517 g/mol. The van der Waals surface area contributed by atoms with Crippen LogP contribution in [0, 0.1) is 12.7 Å². The number of nitrogens with zero attached hydrogens (tertiary/aromatic N) is 2. The number of aryl methyl sites for hydroxylation is 1. The highest BCUT2D eigenvalue weighted by molar-refractivity contribution is 7.92. The van der Waals surface area contributed by atoms with Crippen LogP contribution in [0.15, 0.2) is 77.7 Å². The third kappa shape index (κ3) is 6.67. The number of sulfonamides is 1. The molecule has 0 unspecified atom stereocenters. The number of hydrogen-bond acceptors (Lipinski definition) is 4. The standard InChI is InChI=1S/C27H29ClFN3O4S/c1-4-24(27(34)30-3)31(17-20-10-13-22(29)14-11-20)26(33)18-32(25-15-12-21(28)16-19(25)2)37(35,36)23-8-6-5-7-9-23/h5-16,24H,4,17-18H2,1-3H3,(H,30,34)/t24-/m0/s1. The quantitative estimate of drug-likeness (QED) is 0.405. The summed E-state index contributed by atoms with van der Waals surface area (Å²) in [5.41, 5.74) is 1.44. The highest BCUT2D eigenvalue weighted by atomic mass is 35.5. The number of amides is 2. The van der Waals surface area contributed by atoms with Crippen LogP contribution >= 0.6 is 11.6 Å². The Bertz CT molecular complexity index is 1350. The van der Waals surface area contributed by atoms with Gasteiger partial charge in [-0.15, -0.1) is 0 Å². The number of rotatable bonds is 10. The van der Waals surface area contributed by atoms with Gasteiger partial charge in [-0.1, -0.05) is 48.9 Å². The first kappa shape index (κ1) is 28.1. The topological polar surface area (TPSA) is 86.8 Å². The van der Waals surface area contributed by atoms with E-state index in [4.69, 9.17) is 11.6 Å². The largest absolute Gasteiger partial charge is 0.357 e. The smallest absolute Gasteiger partial charge is 0.264 e. The fraction of sp³-hybridized carbons (Fsp3) is 0.259. The number of halogens is 2. The van der Waals surface area contributed by atoms with E-state index in [2.05, 4.69) is 5.32 Å². The molecule has 2 amide bonds. The van der Waals surface area contributed by atoms with Gasteiger partial charge in [-0.05, 0) is 66.9 Å². The van der Waals surface area contributed by atoms with Gasteiger partial charge in [0, 0.05) is 18.6 Å². The monoisotopic (exact) mass is 545 g/mol. The molecule has 0 spiro atoms. The lowest BCUT2D eigenvalue weighted by Crippen LogP contribution is -2.51. The van der Waals surface area contributed by atoms with Crippen LogP contribution in [-0.2, 0) is 26.2 Å². The molecule has 0 saturated heterocycles. The SMILES string of the molecule is CC[C@@H](C(=O)NC)N(Cc1ccc(F)cc1)C(=O)CN(c1ccc(Cl)cc1C)S(=O)(=O)c1ccccc1. The number of carbonyl (C=O) groups excluding carboxylic acids is 2. The van der Waals surface area contributed by atoms with Crippen molar-refractivity contribution in [2.45, 2.75) is 37.8 Å². The van der Waals surface area contributed by atoms with Gasteiger partial charge in [0.05, 0.1) is 10.6 Å². The van der Waals surface area contributed by atoms with E-state index < -0.39 is 40.2 Å². The van der Waals surface area contributed by atoms with Crippen molar-refractivity contribution in [3.8, 4) is 0 Å². The van der Waals surface area contributed by atoms with Gasteiger partial charge in [0.1, 0.15) is 18.4 Å². The van der Waals surface area contributed by atoms with Crippen molar-refractivity contribution in [3.05, 3.63) is 94.8 Å². The van der Waals surface area contributed by atoms with E-state index in [-0.39, 0.29) is 23.5 Å². The van der Waals surface area contributed by atoms with Crippen molar-refractivity contribution < 1.29 is 22.4 Å². The zero-order chi connectivity index (χ0) is 27.2. The molecule has 0 aliphatic carbocycles. The minimum absolute atomic E-state index is 0.0101. The number of likely N-dealkylation sites (N-methyl/N-ethyl adjacent to an activating group) is 1. The van der Waals surface area contributed by atoms with Gasteiger partial charge in [0.2, 0.25) is 11.8 Å². The number of benzene rings is 3. The third-order valence-corrected chi connectivity index (χ3v) is 7.95. The maximum atomic E-state index is 13.8. The number of anilines is 1. The lowest BCUT2D eigenvalue weighted by molar-refractivity contribution is -0.140. The summed E-state index contributed by atoms with van der Waals surface area (Å²) < 4.78 is 42.0. The fourth-order valence-corrected chi connectivity index (χ4v) is 5.73. The third-order valence-electron chi connectivity index (χ3n) is 5.94. The Morgan fingerprint density at radius 1 is 1.03 bits per heavy atom. The Kier molecular flexibility index (Phi) is 9.29. The van der Waals surface area contributed by atoms with E-state index in [1.54, 1.807) is 50.2 Å². The van der Waals surface area contributed by atoms with E-state index in [0.29, 0.717) is 16.1 Å². The summed E-state index contributed by atoms with van der Waals surface area (Å²) in [6.07, 6.45) is 0.290. The van der Waals surface area contributed by atoms with Gasteiger partial charge in [-0.2, -0.15) is 0 Å².